The summed E-state index contributed by atoms with van der Waals surface area (Å²) in [7, 11) is 0. The topological polar surface area (TPSA) is 86.1 Å². The van der Waals surface area contributed by atoms with Gasteiger partial charge in [0.05, 0.1) is 17.6 Å². The van der Waals surface area contributed by atoms with E-state index in [1.807, 2.05) is 12.1 Å². The van der Waals surface area contributed by atoms with Crippen molar-refractivity contribution in [3.8, 4) is 11.4 Å². The summed E-state index contributed by atoms with van der Waals surface area (Å²) in [4.78, 5) is -0.801. The molecule has 9 atom stereocenters. The molecule has 9 heteroatoms. The van der Waals surface area contributed by atoms with Crippen LogP contribution >= 0.6 is 11.6 Å². The van der Waals surface area contributed by atoms with E-state index in [1.165, 1.54) is 11.1 Å². The van der Waals surface area contributed by atoms with Crippen LogP contribution in [-0.2, 0) is 25.4 Å². The minimum atomic E-state index is -0.940. The Balaban J connectivity index is 1.13. The molecule has 1 aromatic heterocycles. The Bertz CT molecular complexity index is 1450. The fourth-order valence-corrected chi connectivity index (χ4v) is 11.2. The molecule has 2 aliphatic heterocycles. The van der Waals surface area contributed by atoms with Gasteiger partial charge >= 0.3 is 0 Å². The number of nitrogens with one attached hydrogen (secondary N) is 1. The van der Waals surface area contributed by atoms with Crippen molar-refractivity contribution in [2.24, 2.45) is 28.6 Å². The number of aromatic nitrogens is 2. The smallest absolute Gasteiger partial charge is 0.235 e. The van der Waals surface area contributed by atoms with Crippen LogP contribution in [-0.4, -0.2) is 59.4 Å². The van der Waals surface area contributed by atoms with Gasteiger partial charge in [-0.25, -0.2) is 0 Å². The molecule has 0 radical (unpaired) electrons. The van der Waals surface area contributed by atoms with Crippen LogP contribution in [0, 0.1) is 28.6 Å². The fraction of sp³-hybridized carbons (Fsp3) is 0.676. The normalized spacial score (nSPS) is 44.7. The number of halogens is 1. The third-order valence-electron chi connectivity index (χ3n) is 12.5. The highest BCUT2D eigenvalue weighted by Crippen LogP contribution is 2.75. The van der Waals surface area contributed by atoms with Crippen molar-refractivity contribution >= 4 is 17.7 Å². The molecule has 0 amide bonds. The lowest BCUT2D eigenvalue weighted by Gasteiger charge is -2.65. The van der Waals surface area contributed by atoms with E-state index in [0.29, 0.717) is 19.6 Å². The molecule has 232 valence electrons. The number of aliphatic hydroxyl groups excluding tert-OH is 1. The minimum absolute atomic E-state index is 0.124. The van der Waals surface area contributed by atoms with E-state index in [-0.39, 0.29) is 42.2 Å². The third-order valence-corrected chi connectivity index (χ3v) is 13.5. The van der Waals surface area contributed by atoms with Gasteiger partial charge in [-0.3, -0.25) is 0 Å². The SMILES string of the molecule is CCCOc1ccc(-[n+]2cc3c([nH]2)C=C2CC[C@H]4[C@@H]5C[C@@H](C)[C@@]6(OCOC67COCO7)[C@@]5(C)C[C@H](O)[C@]4(Cl)[C@@]2(C)C3)cc1. The molecular formula is C34H44ClN2O6+. The second-order valence-electron chi connectivity index (χ2n) is 14.4. The van der Waals surface area contributed by atoms with E-state index in [2.05, 4.69) is 61.9 Å². The maximum Gasteiger partial charge on any atom is 0.235 e. The van der Waals surface area contributed by atoms with E-state index >= 15 is 0 Å². The van der Waals surface area contributed by atoms with Crippen LogP contribution in [0.4, 0.5) is 0 Å². The number of aromatic amines is 1. The molecule has 3 heterocycles. The Hall–Kier alpha value is -1.94. The number of rotatable bonds is 4. The van der Waals surface area contributed by atoms with Gasteiger partial charge in [0.15, 0.2) is 13.6 Å². The van der Waals surface area contributed by atoms with Crippen molar-refractivity contribution in [1.82, 2.24) is 5.10 Å². The Labute approximate surface area is 258 Å². The summed E-state index contributed by atoms with van der Waals surface area (Å²) in [6.07, 6.45) is 8.92. The van der Waals surface area contributed by atoms with Crippen molar-refractivity contribution in [3.05, 3.63) is 47.3 Å². The number of ether oxygens (including phenoxy) is 5. The zero-order valence-corrected chi connectivity index (χ0v) is 26.4. The van der Waals surface area contributed by atoms with E-state index in [1.54, 1.807) is 0 Å². The van der Waals surface area contributed by atoms with Gasteiger partial charge in [-0.2, -0.15) is 5.10 Å². The van der Waals surface area contributed by atoms with Gasteiger partial charge in [-0.15, -0.1) is 11.6 Å². The van der Waals surface area contributed by atoms with Gasteiger partial charge in [0.2, 0.25) is 17.7 Å². The number of alkyl halides is 1. The summed E-state index contributed by atoms with van der Waals surface area (Å²) in [6, 6.07) is 8.20. The first kappa shape index (κ1) is 28.5. The van der Waals surface area contributed by atoms with Gasteiger partial charge in [0, 0.05) is 28.5 Å². The number of nitrogens with zero attached hydrogens (tertiary/aromatic N) is 1. The summed E-state index contributed by atoms with van der Waals surface area (Å²) in [5, 5.41) is 15.9. The first-order valence-electron chi connectivity index (χ1n) is 16.1. The van der Waals surface area contributed by atoms with Crippen molar-refractivity contribution in [3.63, 3.8) is 0 Å². The van der Waals surface area contributed by atoms with Crippen LogP contribution in [0.3, 0.4) is 0 Å². The number of fused-ring (bicyclic) bond motifs is 8. The Morgan fingerprint density at radius 2 is 1.91 bits per heavy atom. The van der Waals surface area contributed by atoms with E-state index in [9.17, 15) is 5.11 Å². The highest BCUT2D eigenvalue weighted by Gasteiger charge is 2.81. The number of benzene rings is 1. The van der Waals surface area contributed by atoms with E-state index in [0.717, 1.165) is 49.2 Å². The highest BCUT2D eigenvalue weighted by atomic mass is 35.5. The van der Waals surface area contributed by atoms with Gasteiger partial charge in [0.1, 0.15) is 23.7 Å². The zero-order valence-electron chi connectivity index (χ0n) is 25.7. The molecule has 2 spiro atoms. The average molecular weight is 612 g/mol. The molecule has 0 bridgehead atoms. The quantitative estimate of drug-likeness (QED) is 0.361. The maximum atomic E-state index is 12.3. The number of hydrogen-bond donors (Lipinski definition) is 2. The van der Waals surface area contributed by atoms with Gasteiger partial charge in [-0.05, 0) is 74.5 Å². The summed E-state index contributed by atoms with van der Waals surface area (Å²) < 4.78 is 32.7. The molecule has 4 aliphatic carbocycles. The van der Waals surface area contributed by atoms with Crippen LogP contribution in [0.2, 0.25) is 0 Å². The first-order valence-corrected chi connectivity index (χ1v) is 16.4. The molecular weight excluding hydrogens is 568 g/mol. The van der Waals surface area contributed by atoms with E-state index in [4.69, 9.17) is 35.3 Å². The molecule has 8 nitrogen and oxygen atoms in total. The Morgan fingerprint density at radius 3 is 2.65 bits per heavy atom. The monoisotopic (exact) mass is 611 g/mol. The largest absolute Gasteiger partial charge is 0.494 e. The van der Waals surface area contributed by atoms with Crippen LogP contribution in [0.15, 0.2) is 36.0 Å². The van der Waals surface area contributed by atoms with E-state index < -0.39 is 22.4 Å². The maximum absolute atomic E-state index is 12.3. The second kappa shape index (κ2) is 9.54. The predicted molar refractivity (Wildman–Crippen MR) is 160 cm³/mol. The van der Waals surface area contributed by atoms with Crippen LogP contribution in [0.25, 0.3) is 11.8 Å². The zero-order chi connectivity index (χ0) is 29.8. The number of hydrogen-bond acceptors (Lipinski definition) is 6. The second-order valence-corrected chi connectivity index (χ2v) is 15.0. The summed E-state index contributed by atoms with van der Waals surface area (Å²) in [6.45, 7) is 10.4. The highest BCUT2D eigenvalue weighted by molar-refractivity contribution is 6.25. The molecule has 2 saturated heterocycles. The molecule has 43 heavy (non-hydrogen) atoms. The molecule has 3 saturated carbocycles. The average Bonchev–Trinajstić information content (AvgIpc) is 3.76. The van der Waals surface area contributed by atoms with Crippen LogP contribution < -0.4 is 9.42 Å². The van der Waals surface area contributed by atoms with Gasteiger partial charge in [0.25, 0.3) is 0 Å². The lowest BCUT2D eigenvalue weighted by molar-refractivity contribution is -0.655. The predicted octanol–water partition coefficient (Wildman–Crippen LogP) is 5.28. The summed E-state index contributed by atoms with van der Waals surface area (Å²) in [5.74, 6) is 0.495. The van der Waals surface area contributed by atoms with Gasteiger partial charge in [-0.1, -0.05) is 37.9 Å². The minimum Gasteiger partial charge on any atom is -0.494 e. The van der Waals surface area contributed by atoms with Crippen molar-refractivity contribution in [1.29, 1.82) is 0 Å². The summed E-state index contributed by atoms with van der Waals surface area (Å²) in [5.41, 5.74) is 3.26. The van der Waals surface area contributed by atoms with Crippen molar-refractivity contribution in [2.75, 3.05) is 26.8 Å². The first-order chi connectivity index (χ1) is 20.6. The molecule has 8 rings (SSSR count). The Morgan fingerprint density at radius 1 is 1.12 bits per heavy atom. The molecule has 2 aromatic rings. The number of H-pyrrole nitrogens is 1. The third kappa shape index (κ3) is 3.48. The Kier molecular flexibility index (Phi) is 6.33. The molecule has 1 aromatic carbocycles. The molecule has 1 unspecified atom stereocenters. The molecule has 5 fully saturated rings. The summed E-state index contributed by atoms with van der Waals surface area (Å²) >= 11 is 7.96. The van der Waals surface area contributed by atoms with Crippen molar-refractivity contribution in [2.45, 2.75) is 88.6 Å². The number of aliphatic hydroxyl groups is 1. The van der Waals surface area contributed by atoms with Crippen LogP contribution in [0.5, 0.6) is 5.75 Å². The number of allylic oxidation sites excluding steroid dienone is 1. The van der Waals surface area contributed by atoms with Gasteiger partial charge < -0.3 is 28.8 Å². The lowest BCUT2D eigenvalue weighted by Crippen LogP contribution is -2.71. The molecule has 2 N–H and O–H groups in total. The fourth-order valence-electron chi connectivity index (χ4n) is 10.7. The lowest BCUT2D eigenvalue weighted by atomic mass is 9.44. The van der Waals surface area contributed by atoms with Crippen LogP contribution in [0.1, 0.15) is 71.1 Å². The molecule has 6 aliphatic rings. The standard InChI is InChI=1S/C34H43ClN2O6/c1-5-12-40-25-9-7-24(8-10-25)37-17-22-15-30(3)23(14-28(22)36-37)6-11-26-27-13-21(2)34(31(27,4)16-29(38)33(26,30)35)32(42-20-43-34)18-39-19-41-32/h7-10,14,17,21,26-27,29,38H,5-6,11-13,15-16,18-20H2,1-4H3/p+1/t21-,26+,27+,29+,30+,31+,32?,33+,34-/m1/s1. The van der Waals surface area contributed by atoms with Crippen molar-refractivity contribution < 1.29 is 33.5 Å².